The molecule has 36 heavy (non-hydrogen) atoms. The van der Waals surface area contributed by atoms with E-state index in [1.807, 2.05) is 24.3 Å². The van der Waals surface area contributed by atoms with E-state index in [0.29, 0.717) is 35.7 Å². The molecule has 0 bridgehead atoms. The standard InChI is InChI=1S/C24H21ClN4O5S2/c1-3-6-17-7-4-5-8-20(17)33-11-12-34-21-10-9-16(14-19(21)25)13-18(15-26)22(30)27-23-28-29-24(35-23)36(2,31)32/h3-5,7-10,13-14H,1,6,11-12H2,2H3,(H,27,28,30). The zero-order chi connectivity index (χ0) is 26.1. The van der Waals surface area contributed by atoms with Gasteiger partial charge >= 0.3 is 0 Å². The van der Waals surface area contributed by atoms with Crippen LogP contribution >= 0.6 is 22.9 Å². The van der Waals surface area contributed by atoms with Crippen molar-refractivity contribution in [3.8, 4) is 17.6 Å². The van der Waals surface area contributed by atoms with Gasteiger partial charge in [0.15, 0.2) is 0 Å². The molecule has 3 rings (SSSR count). The van der Waals surface area contributed by atoms with Crippen LogP contribution in [0.5, 0.6) is 11.5 Å². The Labute approximate surface area is 217 Å². The third-order valence-corrected chi connectivity index (χ3v) is 7.31. The molecule has 0 aliphatic carbocycles. The molecular formula is C24H21ClN4O5S2. The third-order valence-electron chi connectivity index (χ3n) is 4.51. The number of allylic oxidation sites excluding steroid dienone is 1. The molecule has 0 unspecified atom stereocenters. The molecule has 2 aromatic carbocycles. The number of benzene rings is 2. The number of carbonyl (C=O) groups is 1. The van der Waals surface area contributed by atoms with Crippen molar-refractivity contribution in [2.24, 2.45) is 0 Å². The van der Waals surface area contributed by atoms with Gasteiger partial charge in [0.25, 0.3) is 5.91 Å². The van der Waals surface area contributed by atoms with Crippen LogP contribution in [0.2, 0.25) is 5.02 Å². The highest BCUT2D eigenvalue weighted by molar-refractivity contribution is 7.92. The molecule has 186 valence electrons. The van der Waals surface area contributed by atoms with Crippen LogP contribution in [0, 0.1) is 11.3 Å². The first kappa shape index (κ1) is 26.9. The van der Waals surface area contributed by atoms with E-state index in [9.17, 15) is 18.5 Å². The number of nitriles is 1. The summed E-state index contributed by atoms with van der Waals surface area (Å²) < 4.78 is 34.3. The molecule has 1 N–H and O–H groups in total. The van der Waals surface area contributed by atoms with Gasteiger partial charge in [-0.15, -0.1) is 16.8 Å². The Morgan fingerprint density at radius 1 is 1.19 bits per heavy atom. The summed E-state index contributed by atoms with van der Waals surface area (Å²) in [5.74, 6) is 0.414. The number of halogens is 1. The highest BCUT2D eigenvalue weighted by Gasteiger charge is 2.17. The van der Waals surface area contributed by atoms with Crippen LogP contribution in [-0.4, -0.2) is 44.0 Å². The van der Waals surface area contributed by atoms with Gasteiger partial charge in [-0.3, -0.25) is 10.1 Å². The molecule has 3 aromatic rings. The maximum absolute atomic E-state index is 12.4. The van der Waals surface area contributed by atoms with Crippen LogP contribution in [-0.2, 0) is 21.1 Å². The number of hydrogen-bond acceptors (Lipinski definition) is 9. The van der Waals surface area contributed by atoms with Gasteiger partial charge in [0.2, 0.25) is 19.3 Å². The van der Waals surface area contributed by atoms with Crippen molar-refractivity contribution in [1.29, 1.82) is 5.26 Å². The van der Waals surface area contributed by atoms with Crippen molar-refractivity contribution in [1.82, 2.24) is 10.2 Å². The largest absolute Gasteiger partial charge is 0.490 e. The van der Waals surface area contributed by atoms with Gasteiger partial charge in [-0.2, -0.15) is 5.26 Å². The highest BCUT2D eigenvalue weighted by Crippen LogP contribution is 2.27. The fourth-order valence-electron chi connectivity index (χ4n) is 2.89. The molecular weight excluding hydrogens is 524 g/mol. The predicted molar refractivity (Wildman–Crippen MR) is 138 cm³/mol. The molecule has 0 atom stereocenters. The summed E-state index contributed by atoms with van der Waals surface area (Å²) in [7, 11) is -3.55. The SMILES string of the molecule is C=CCc1ccccc1OCCOc1ccc(C=C(C#N)C(=O)Nc2nnc(S(C)(=O)=O)s2)cc1Cl. The van der Waals surface area contributed by atoms with Gasteiger partial charge in [-0.05, 0) is 41.8 Å². The average molecular weight is 545 g/mol. The van der Waals surface area contributed by atoms with E-state index in [1.54, 1.807) is 30.3 Å². The minimum atomic E-state index is -3.55. The zero-order valence-corrected chi connectivity index (χ0v) is 21.5. The fourth-order valence-corrected chi connectivity index (χ4v) is 4.63. The minimum absolute atomic E-state index is 0.0438. The summed E-state index contributed by atoms with van der Waals surface area (Å²) in [5, 5.41) is 19.1. The fraction of sp³-hybridized carbons (Fsp3) is 0.167. The smallest absolute Gasteiger partial charge is 0.268 e. The molecule has 0 radical (unpaired) electrons. The number of nitrogens with zero attached hydrogens (tertiary/aromatic N) is 3. The maximum atomic E-state index is 12.4. The van der Waals surface area contributed by atoms with Gasteiger partial charge in [-0.1, -0.05) is 53.3 Å². The van der Waals surface area contributed by atoms with Crippen LogP contribution in [0.4, 0.5) is 5.13 Å². The van der Waals surface area contributed by atoms with Crippen LogP contribution in [0.15, 0.2) is 65.0 Å². The summed E-state index contributed by atoms with van der Waals surface area (Å²) in [5.41, 5.74) is 1.28. The topological polar surface area (TPSA) is 131 Å². The van der Waals surface area contributed by atoms with Crippen molar-refractivity contribution < 1.29 is 22.7 Å². The van der Waals surface area contributed by atoms with Crippen LogP contribution in [0.25, 0.3) is 6.08 Å². The lowest BCUT2D eigenvalue weighted by atomic mass is 10.1. The summed E-state index contributed by atoms with van der Waals surface area (Å²) >= 11 is 7.00. The Hall–Kier alpha value is -3.72. The number of rotatable bonds is 11. The molecule has 0 saturated carbocycles. The molecule has 1 heterocycles. The van der Waals surface area contributed by atoms with Crippen molar-refractivity contribution in [3.63, 3.8) is 0 Å². The van der Waals surface area contributed by atoms with Gasteiger partial charge in [-0.25, -0.2) is 8.42 Å². The molecule has 9 nitrogen and oxygen atoms in total. The molecule has 0 fully saturated rings. The van der Waals surface area contributed by atoms with Gasteiger partial charge in [0.05, 0.1) is 5.02 Å². The lowest BCUT2D eigenvalue weighted by Gasteiger charge is -2.12. The highest BCUT2D eigenvalue weighted by atomic mass is 35.5. The molecule has 0 aliphatic heterocycles. The quantitative estimate of drug-likeness (QED) is 0.124. The van der Waals surface area contributed by atoms with E-state index in [0.717, 1.165) is 17.6 Å². The van der Waals surface area contributed by atoms with Crippen LogP contribution < -0.4 is 14.8 Å². The van der Waals surface area contributed by atoms with Gasteiger partial charge < -0.3 is 9.47 Å². The maximum Gasteiger partial charge on any atom is 0.268 e. The number of sulfone groups is 1. The normalized spacial score (nSPS) is 11.4. The van der Waals surface area contributed by atoms with Crippen LogP contribution in [0.3, 0.4) is 0 Å². The molecule has 1 aromatic heterocycles. The molecule has 12 heteroatoms. The summed E-state index contributed by atoms with van der Waals surface area (Å²) in [4.78, 5) is 12.4. The van der Waals surface area contributed by atoms with E-state index in [1.165, 1.54) is 6.08 Å². The Morgan fingerprint density at radius 3 is 2.56 bits per heavy atom. The number of nitrogens with one attached hydrogen (secondary N) is 1. The Morgan fingerprint density at radius 2 is 1.92 bits per heavy atom. The van der Waals surface area contributed by atoms with E-state index >= 15 is 0 Å². The summed E-state index contributed by atoms with van der Waals surface area (Å²) in [6.07, 6.45) is 4.82. The van der Waals surface area contributed by atoms with Gasteiger partial charge in [0.1, 0.15) is 36.4 Å². The minimum Gasteiger partial charge on any atom is -0.490 e. The second-order valence-corrected chi connectivity index (χ2v) is 10.8. The number of carbonyl (C=O) groups excluding carboxylic acids is 1. The third kappa shape index (κ3) is 7.39. The monoisotopic (exact) mass is 544 g/mol. The second-order valence-electron chi connectivity index (χ2n) is 7.26. The molecule has 0 spiro atoms. The van der Waals surface area contributed by atoms with Crippen molar-refractivity contribution in [3.05, 3.63) is 76.8 Å². The van der Waals surface area contributed by atoms with E-state index in [2.05, 4.69) is 22.1 Å². The number of anilines is 1. The number of ether oxygens (including phenoxy) is 2. The second kappa shape index (κ2) is 12.3. The number of hydrogen-bond donors (Lipinski definition) is 1. The molecule has 0 saturated heterocycles. The van der Waals surface area contributed by atoms with Crippen molar-refractivity contribution >= 4 is 49.9 Å². The van der Waals surface area contributed by atoms with E-state index in [4.69, 9.17) is 21.1 Å². The van der Waals surface area contributed by atoms with Gasteiger partial charge in [0, 0.05) is 6.26 Å². The molecule has 1 amide bonds. The van der Waals surface area contributed by atoms with Crippen molar-refractivity contribution in [2.75, 3.05) is 24.8 Å². The first-order valence-electron chi connectivity index (χ1n) is 10.4. The van der Waals surface area contributed by atoms with Crippen LogP contribution in [0.1, 0.15) is 11.1 Å². The Kier molecular flexibility index (Phi) is 9.19. The number of para-hydroxylation sites is 1. The lowest BCUT2D eigenvalue weighted by Crippen LogP contribution is -2.13. The summed E-state index contributed by atoms with van der Waals surface area (Å²) in [6.45, 7) is 4.30. The first-order chi connectivity index (χ1) is 17.2. The average Bonchev–Trinajstić information content (AvgIpc) is 3.31. The lowest BCUT2D eigenvalue weighted by molar-refractivity contribution is -0.112. The predicted octanol–water partition coefficient (Wildman–Crippen LogP) is 4.33. The Balaban J connectivity index is 1.60. The summed E-state index contributed by atoms with van der Waals surface area (Å²) in [6, 6.07) is 14.3. The zero-order valence-electron chi connectivity index (χ0n) is 19.1. The first-order valence-corrected chi connectivity index (χ1v) is 13.5. The van der Waals surface area contributed by atoms with E-state index in [-0.39, 0.29) is 26.7 Å². The number of amides is 1. The van der Waals surface area contributed by atoms with Crippen molar-refractivity contribution in [2.45, 2.75) is 10.8 Å². The molecule has 0 aliphatic rings. The van der Waals surface area contributed by atoms with E-state index < -0.39 is 15.7 Å². The Bertz CT molecular complexity index is 1440. The number of aromatic nitrogens is 2.